The van der Waals surface area contributed by atoms with E-state index < -0.39 is 12.1 Å². The first kappa shape index (κ1) is 18.9. The fourth-order valence-electron chi connectivity index (χ4n) is 3.08. The quantitative estimate of drug-likeness (QED) is 0.520. The van der Waals surface area contributed by atoms with Crippen molar-refractivity contribution in [2.24, 2.45) is 5.73 Å². The zero-order chi connectivity index (χ0) is 19.2. The van der Waals surface area contributed by atoms with Gasteiger partial charge in [0.15, 0.2) is 0 Å². The van der Waals surface area contributed by atoms with Crippen LogP contribution in [0, 0.1) is 6.92 Å². The van der Waals surface area contributed by atoms with Gasteiger partial charge in [0, 0.05) is 18.0 Å². The van der Waals surface area contributed by atoms with Gasteiger partial charge in [-0.2, -0.15) is 0 Å². The van der Waals surface area contributed by atoms with E-state index in [0.717, 1.165) is 34.7 Å². The third-order valence-electron chi connectivity index (χ3n) is 4.32. The highest BCUT2D eigenvalue weighted by molar-refractivity contribution is 7.10. The van der Waals surface area contributed by atoms with Gasteiger partial charge in [0.25, 0.3) is 0 Å². The molecule has 142 valence electrons. The van der Waals surface area contributed by atoms with Crippen LogP contribution in [-0.2, 0) is 11.3 Å². The molecule has 0 fully saturated rings. The Morgan fingerprint density at radius 2 is 2.07 bits per heavy atom. The van der Waals surface area contributed by atoms with Gasteiger partial charge in [0.1, 0.15) is 5.82 Å². The van der Waals surface area contributed by atoms with E-state index in [2.05, 4.69) is 26.3 Å². The Morgan fingerprint density at radius 3 is 2.81 bits per heavy atom. The monoisotopic (exact) mass is 385 g/mol. The second-order valence-corrected chi connectivity index (χ2v) is 7.26. The maximum atomic E-state index is 12.3. The summed E-state index contributed by atoms with van der Waals surface area (Å²) in [5, 5.41) is 7.45. The van der Waals surface area contributed by atoms with E-state index in [9.17, 15) is 9.59 Å². The molecule has 0 bridgehead atoms. The number of hydrogen-bond acceptors (Lipinski definition) is 4. The van der Waals surface area contributed by atoms with Gasteiger partial charge in [-0.1, -0.05) is 18.2 Å². The lowest BCUT2D eigenvalue weighted by atomic mass is 10.1. The summed E-state index contributed by atoms with van der Waals surface area (Å²) in [7, 11) is 0. The number of thiophene rings is 1. The van der Waals surface area contributed by atoms with Gasteiger partial charge in [-0.15, -0.1) is 11.3 Å². The number of nitrogens with zero attached hydrogens (tertiary/aromatic N) is 2. The number of nitrogens with one attached hydrogen (secondary N) is 2. The number of hydrogen-bond donors (Lipinski definition) is 3. The average molecular weight is 385 g/mol. The van der Waals surface area contributed by atoms with Gasteiger partial charge in [-0.25, -0.2) is 9.78 Å². The van der Waals surface area contributed by atoms with Crippen molar-refractivity contribution in [3.63, 3.8) is 0 Å². The topological polar surface area (TPSA) is 102 Å². The molecule has 1 atom stereocenters. The molecule has 4 N–H and O–H groups in total. The first-order chi connectivity index (χ1) is 13.0. The van der Waals surface area contributed by atoms with Gasteiger partial charge in [-0.3, -0.25) is 4.79 Å². The van der Waals surface area contributed by atoms with E-state index in [-0.39, 0.29) is 12.3 Å². The van der Waals surface area contributed by atoms with Crippen LogP contribution >= 0.6 is 11.3 Å². The molecule has 0 saturated heterocycles. The lowest BCUT2D eigenvalue weighted by Crippen LogP contribution is -2.36. The van der Waals surface area contributed by atoms with Crippen LogP contribution in [0.3, 0.4) is 0 Å². The number of carbonyl (C=O) groups is 2. The third-order valence-corrected chi connectivity index (χ3v) is 5.30. The highest BCUT2D eigenvalue weighted by Gasteiger charge is 2.18. The van der Waals surface area contributed by atoms with Crippen LogP contribution in [0.4, 0.5) is 4.79 Å². The molecule has 0 aliphatic carbocycles. The maximum absolute atomic E-state index is 12.3. The van der Waals surface area contributed by atoms with E-state index in [4.69, 9.17) is 5.73 Å². The van der Waals surface area contributed by atoms with E-state index in [1.165, 1.54) is 11.3 Å². The van der Waals surface area contributed by atoms with Crippen LogP contribution in [-0.4, -0.2) is 28.0 Å². The predicted molar refractivity (Wildman–Crippen MR) is 106 cm³/mol. The Balaban J connectivity index is 1.50. The Kier molecular flexibility index (Phi) is 6.08. The van der Waals surface area contributed by atoms with Crippen LogP contribution in [0.2, 0.25) is 0 Å². The summed E-state index contributed by atoms with van der Waals surface area (Å²) < 4.78 is 2.16. The van der Waals surface area contributed by atoms with Crippen molar-refractivity contribution in [2.45, 2.75) is 32.4 Å². The minimum Gasteiger partial charge on any atom is -0.356 e. The molecular formula is C19H23N5O2S. The second-order valence-electron chi connectivity index (χ2n) is 6.28. The fraction of sp³-hybridized carbons (Fsp3) is 0.316. The molecule has 1 unspecified atom stereocenters. The van der Waals surface area contributed by atoms with Crippen LogP contribution in [0.1, 0.15) is 29.6 Å². The molecule has 7 nitrogen and oxygen atoms in total. The summed E-state index contributed by atoms with van der Waals surface area (Å²) in [6.45, 7) is 3.32. The van der Waals surface area contributed by atoms with Crippen molar-refractivity contribution in [3.05, 3.63) is 52.5 Å². The van der Waals surface area contributed by atoms with E-state index in [1.54, 1.807) is 0 Å². The van der Waals surface area contributed by atoms with Gasteiger partial charge in [0.2, 0.25) is 5.91 Å². The molecule has 3 rings (SSSR count). The van der Waals surface area contributed by atoms with E-state index in [1.807, 2.05) is 42.6 Å². The lowest BCUT2D eigenvalue weighted by Gasteiger charge is -2.16. The molecule has 0 saturated carbocycles. The summed E-state index contributed by atoms with van der Waals surface area (Å²) in [5.74, 6) is 0.848. The van der Waals surface area contributed by atoms with Crippen LogP contribution in [0.5, 0.6) is 0 Å². The number of aryl methyl sites for hydroxylation is 2. The number of carbonyl (C=O) groups excluding carboxylic acids is 2. The number of aromatic nitrogens is 2. The molecule has 3 amide bonds. The Morgan fingerprint density at radius 1 is 1.26 bits per heavy atom. The van der Waals surface area contributed by atoms with E-state index >= 15 is 0 Å². The number of imidazole rings is 1. The number of fused-ring (bicyclic) bond motifs is 1. The smallest absolute Gasteiger partial charge is 0.312 e. The number of nitrogens with two attached hydrogens (primary N) is 1. The van der Waals surface area contributed by atoms with Gasteiger partial charge in [0.05, 0.1) is 23.5 Å². The number of benzene rings is 1. The number of amides is 3. The van der Waals surface area contributed by atoms with Gasteiger partial charge >= 0.3 is 6.03 Å². The average Bonchev–Trinajstić information content (AvgIpc) is 3.26. The molecule has 27 heavy (non-hydrogen) atoms. The molecular weight excluding hydrogens is 362 g/mol. The summed E-state index contributed by atoms with van der Waals surface area (Å²) in [5.41, 5.74) is 7.31. The van der Waals surface area contributed by atoms with Gasteiger partial charge in [-0.05, 0) is 36.9 Å². The van der Waals surface area contributed by atoms with Crippen molar-refractivity contribution in [3.8, 4) is 0 Å². The zero-order valence-corrected chi connectivity index (χ0v) is 16.0. The van der Waals surface area contributed by atoms with Gasteiger partial charge < -0.3 is 20.9 Å². The maximum Gasteiger partial charge on any atom is 0.312 e. The highest BCUT2D eigenvalue weighted by Crippen LogP contribution is 2.22. The fourth-order valence-corrected chi connectivity index (χ4v) is 3.86. The Bertz CT molecular complexity index is 919. The molecule has 2 heterocycles. The predicted octanol–water partition coefficient (Wildman–Crippen LogP) is 2.71. The second kappa shape index (κ2) is 8.68. The summed E-state index contributed by atoms with van der Waals surface area (Å²) >= 11 is 1.48. The van der Waals surface area contributed by atoms with Crippen molar-refractivity contribution in [1.29, 1.82) is 0 Å². The number of urea groups is 1. The minimum absolute atomic E-state index is 0.116. The number of primary amides is 1. The zero-order valence-electron chi connectivity index (χ0n) is 15.1. The lowest BCUT2D eigenvalue weighted by molar-refractivity contribution is -0.121. The molecule has 0 spiro atoms. The third kappa shape index (κ3) is 4.85. The molecule has 2 aromatic heterocycles. The van der Waals surface area contributed by atoms with Crippen LogP contribution < -0.4 is 16.4 Å². The normalized spacial score (nSPS) is 12.0. The SMILES string of the molecule is Cc1nc2ccccc2n1CCCNC(=O)CC(NC(N)=O)c1cccs1. The molecule has 0 aliphatic rings. The molecule has 8 heteroatoms. The largest absolute Gasteiger partial charge is 0.356 e. The Hall–Kier alpha value is -2.87. The molecule has 3 aromatic rings. The van der Waals surface area contributed by atoms with Crippen molar-refractivity contribution < 1.29 is 9.59 Å². The first-order valence-electron chi connectivity index (χ1n) is 8.82. The molecule has 0 radical (unpaired) electrons. The first-order valence-corrected chi connectivity index (χ1v) is 9.70. The summed E-state index contributed by atoms with van der Waals surface area (Å²) in [4.78, 5) is 28.9. The molecule has 1 aromatic carbocycles. The minimum atomic E-state index is -0.635. The van der Waals surface area contributed by atoms with Crippen molar-refractivity contribution in [2.75, 3.05) is 6.54 Å². The highest BCUT2D eigenvalue weighted by atomic mass is 32.1. The Labute approximate surface area is 161 Å². The van der Waals surface area contributed by atoms with Crippen LogP contribution in [0.25, 0.3) is 11.0 Å². The number of para-hydroxylation sites is 2. The standard InChI is InChI=1S/C19H23N5O2S/c1-13-22-14-6-2-3-7-16(14)24(13)10-5-9-21-18(25)12-15(23-19(20)26)17-8-4-11-27-17/h2-4,6-8,11,15H,5,9-10,12H2,1H3,(H,21,25)(H3,20,23,26). The van der Waals surface area contributed by atoms with Crippen molar-refractivity contribution in [1.82, 2.24) is 20.2 Å². The summed E-state index contributed by atoms with van der Waals surface area (Å²) in [6, 6.07) is 10.7. The van der Waals surface area contributed by atoms with E-state index in [0.29, 0.717) is 6.54 Å². The van der Waals surface area contributed by atoms with Crippen molar-refractivity contribution >= 4 is 34.3 Å². The van der Waals surface area contributed by atoms with Crippen LogP contribution in [0.15, 0.2) is 41.8 Å². The molecule has 0 aliphatic heterocycles. The number of rotatable bonds is 8. The summed E-state index contributed by atoms with van der Waals surface area (Å²) in [6.07, 6.45) is 0.955.